The van der Waals surface area contributed by atoms with Gasteiger partial charge in [-0.1, -0.05) is 26.0 Å². The minimum Gasteiger partial charge on any atom is -0.483 e. The van der Waals surface area contributed by atoms with Crippen LogP contribution in [0.1, 0.15) is 19.4 Å². The van der Waals surface area contributed by atoms with E-state index in [1.807, 2.05) is 18.7 Å². The maximum absolute atomic E-state index is 14.0. The van der Waals surface area contributed by atoms with Crippen molar-refractivity contribution in [2.24, 2.45) is 5.92 Å². The average Bonchev–Trinajstić information content (AvgIpc) is 2.77. The second kappa shape index (κ2) is 10.3. The van der Waals surface area contributed by atoms with Gasteiger partial charge < -0.3 is 14.5 Å². The first kappa shape index (κ1) is 24.0. The zero-order valence-electron chi connectivity index (χ0n) is 18.7. The van der Waals surface area contributed by atoms with Crippen molar-refractivity contribution in [2.75, 3.05) is 44.2 Å². The maximum atomic E-state index is 14.0. The number of nitrogens with one attached hydrogen (secondary N) is 1. The molecule has 1 aliphatic rings. The van der Waals surface area contributed by atoms with Gasteiger partial charge in [-0.05, 0) is 48.7 Å². The number of aryl methyl sites for hydroxylation is 1. The summed E-state index contributed by atoms with van der Waals surface area (Å²) < 4.78 is 47.0. The molecule has 0 unspecified atom stereocenters. The molecule has 1 heterocycles. The highest BCUT2D eigenvalue weighted by Crippen LogP contribution is 2.23. The fourth-order valence-electron chi connectivity index (χ4n) is 3.45. The van der Waals surface area contributed by atoms with Gasteiger partial charge in [0, 0.05) is 32.7 Å². The van der Waals surface area contributed by atoms with Crippen LogP contribution >= 0.6 is 0 Å². The molecule has 1 amide bonds. The Hall–Kier alpha value is -2.65. The number of para-hydroxylation sites is 1. The second-order valence-corrected chi connectivity index (χ2v) is 10.0. The standard InChI is InChI=1S/C23H30FN3O4S/c1-17(2)15-25-32(29,30)19-8-9-22(18(3)14-19)31-16-23(28)27-12-10-26(11-13-27)21-7-5-4-6-20(21)24/h4-9,14,17,25H,10-13,15-16H2,1-3H3. The van der Waals surface area contributed by atoms with Crippen molar-refractivity contribution in [3.05, 3.63) is 53.8 Å². The van der Waals surface area contributed by atoms with E-state index in [2.05, 4.69) is 4.72 Å². The third kappa shape index (κ3) is 5.98. The molecule has 1 saturated heterocycles. The number of carbonyl (C=O) groups excluding carboxylic acids is 1. The normalized spacial score (nSPS) is 14.7. The Morgan fingerprint density at radius 3 is 2.44 bits per heavy atom. The topological polar surface area (TPSA) is 78.9 Å². The summed E-state index contributed by atoms with van der Waals surface area (Å²) >= 11 is 0. The van der Waals surface area contributed by atoms with Crippen molar-refractivity contribution < 1.29 is 22.3 Å². The van der Waals surface area contributed by atoms with Crippen LogP contribution in [0.15, 0.2) is 47.4 Å². The number of rotatable bonds is 8. The molecule has 2 aromatic rings. The van der Waals surface area contributed by atoms with Crippen molar-refractivity contribution in [3.63, 3.8) is 0 Å². The van der Waals surface area contributed by atoms with E-state index >= 15 is 0 Å². The molecule has 9 heteroatoms. The molecule has 0 aromatic heterocycles. The Morgan fingerprint density at radius 1 is 1.12 bits per heavy atom. The fourth-order valence-corrected chi connectivity index (χ4v) is 4.74. The molecule has 3 rings (SSSR count). The van der Waals surface area contributed by atoms with Crippen molar-refractivity contribution >= 4 is 21.6 Å². The molecule has 0 atom stereocenters. The number of piperazine rings is 1. The third-order valence-electron chi connectivity index (χ3n) is 5.31. The number of nitrogens with zero attached hydrogens (tertiary/aromatic N) is 2. The zero-order chi connectivity index (χ0) is 23.3. The molecule has 1 fully saturated rings. The van der Waals surface area contributed by atoms with Crippen LogP contribution in [-0.4, -0.2) is 58.6 Å². The maximum Gasteiger partial charge on any atom is 0.260 e. The van der Waals surface area contributed by atoms with Crippen LogP contribution in [0.2, 0.25) is 0 Å². The molecule has 0 bridgehead atoms. The summed E-state index contributed by atoms with van der Waals surface area (Å²) in [5.74, 6) is 0.239. The average molecular weight is 464 g/mol. The molecular formula is C23H30FN3O4S. The Kier molecular flexibility index (Phi) is 7.73. The summed E-state index contributed by atoms with van der Waals surface area (Å²) in [6.07, 6.45) is 0. The third-order valence-corrected chi connectivity index (χ3v) is 6.74. The number of carbonyl (C=O) groups is 1. The Labute approximate surface area is 189 Å². The van der Waals surface area contributed by atoms with Gasteiger partial charge in [0.1, 0.15) is 11.6 Å². The molecule has 0 aliphatic carbocycles. The first-order valence-electron chi connectivity index (χ1n) is 10.7. The Morgan fingerprint density at radius 2 is 1.81 bits per heavy atom. The van der Waals surface area contributed by atoms with E-state index in [4.69, 9.17) is 4.74 Å². The highest BCUT2D eigenvalue weighted by atomic mass is 32.2. The number of ether oxygens (including phenoxy) is 1. The molecule has 32 heavy (non-hydrogen) atoms. The van der Waals surface area contributed by atoms with Crippen LogP contribution in [0.5, 0.6) is 5.75 Å². The lowest BCUT2D eigenvalue weighted by molar-refractivity contribution is -0.133. The lowest BCUT2D eigenvalue weighted by Gasteiger charge is -2.36. The fraction of sp³-hybridized carbons (Fsp3) is 0.435. The quantitative estimate of drug-likeness (QED) is 0.651. The summed E-state index contributed by atoms with van der Waals surface area (Å²) in [5, 5.41) is 0. The number of anilines is 1. The summed E-state index contributed by atoms with van der Waals surface area (Å²) in [5.41, 5.74) is 1.18. The number of hydrogen-bond acceptors (Lipinski definition) is 5. The number of hydrogen-bond donors (Lipinski definition) is 1. The van der Waals surface area contributed by atoms with Gasteiger partial charge in [0.15, 0.2) is 6.61 Å². The van der Waals surface area contributed by atoms with Crippen LogP contribution < -0.4 is 14.4 Å². The van der Waals surface area contributed by atoms with Crippen LogP contribution in [0.3, 0.4) is 0 Å². The molecule has 0 spiro atoms. The predicted molar refractivity (Wildman–Crippen MR) is 122 cm³/mol. The van der Waals surface area contributed by atoms with E-state index in [1.165, 1.54) is 18.2 Å². The van der Waals surface area contributed by atoms with Crippen molar-refractivity contribution in [1.29, 1.82) is 0 Å². The van der Waals surface area contributed by atoms with Gasteiger partial charge >= 0.3 is 0 Å². The molecule has 0 saturated carbocycles. The van der Waals surface area contributed by atoms with Crippen LogP contribution in [0, 0.1) is 18.7 Å². The summed E-state index contributed by atoms with van der Waals surface area (Å²) in [7, 11) is -3.59. The van der Waals surface area contributed by atoms with E-state index < -0.39 is 10.0 Å². The van der Waals surface area contributed by atoms with Gasteiger partial charge in [-0.2, -0.15) is 0 Å². The van der Waals surface area contributed by atoms with E-state index in [9.17, 15) is 17.6 Å². The van der Waals surface area contributed by atoms with E-state index in [-0.39, 0.29) is 29.1 Å². The molecule has 7 nitrogen and oxygen atoms in total. The monoisotopic (exact) mass is 463 g/mol. The Bertz CT molecular complexity index is 1050. The number of sulfonamides is 1. The molecular weight excluding hydrogens is 433 g/mol. The lowest BCUT2D eigenvalue weighted by atomic mass is 10.2. The molecule has 1 aliphatic heterocycles. The van der Waals surface area contributed by atoms with Crippen LogP contribution in [0.25, 0.3) is 0 Å². The first-order chi connectivity index (χ1) is 15.2. The summed E-state index contributed by atoms with van der Waals surface area (Å²) in [6, 6.07) is 11.2. The van der Waals surface area contributed by atoms with Gasteiger partial charge in [0.05, 0.1) is 10.6 Å². The summed E-state index contributed by atoms with van der Waals surface area (Å²) in [6.45, 7) is 7.87. The SMILES string of the molecule is Cc1cc(S(=O)(=O)NCC(C)C)ccc1OCC(=O)N1CCN(c2ccccc2F)CC1. The molecule has 174 valence electrons. The van der Waals surface area contributed by atoms with E-state index in [0.29, 0.717) is 49.7 Å². The summed E-state index contributed by atoms with van der Waals surface area (Å²) in [4.78, 5) is 16.4. The second-order valence-electron chi connectivity index (χ2n) is 8.28. The van der Waals surface area contributed by atoms with Gasteiger partial charge in [-0.3, -0.25) is 4.79 Å². The van der Waals surface area contributed by atoms with Gasteiger partial charge in [-0.25, -0.2) is 17.5 Å². The Balaban J connectivity index is 1.53. The van der Waals surface area contributed by atoms with Gasteiger partial charge in [0.25, 0.3) is 5.91 Å². The largest absolute Gasteiger partial charge is 0.483 e. The van der Waals surface area contributed by atoms with Crippen molar-refractivity contribution in [1.82, 2.24) is 9.62 Å². The molecule has 0 radical (unpaired) electrons. The van der Waals surface area contributed by atoms with E-state index in [1.54, 1.807) is 36.1 Å². The highest BCUT2D eigenvalue weighted by molar-refractivity contribution is 7.89. The first-order valence-corrected chi connectivity index (χ1v) is 12.2. The smallest absolute Gasteiger partial charge is 0.260 e. The zero-order valence-corrected chi connectivity index (χ0v) is 19.5. The lowest BCUT2D eigenvalue weighted by Crippen LogP contribution is -2.50. The number of amides is 1. The predicted octanol–water partition coefficient (Wildman–Crippen LogP) is 2.80. The van der Waals surface area contributed by atoms with E-state index in [0.717, 1.165) is 0 Å². The van der Waals surface area contributed by atoms with Crippen molar-refractivity contribution in [2.45, 2.75) is 25.7 Å². The van der Waals surface area contributed by atoms with Crippen molar-refractivity contribution in [3.8, 4) is 5.75 Å². The number of halogens is 1. The molecule has 2 aromatic carbocycles. The molecule has 1 N–H and O–H groups in total. The highest BCUT2D eigenvalue weighted by Gasteiger charge is 2.23. The van der Waals surface area contributed by atoms with Crippen LogP contribution in [0.4, 0.5) is 10.1 Å². The van der Waals surface area contributed by atoms with Gasteiger partial charge in [0.2, 0.25) is 10.0 Å². The minimum atomic E-state index is -3.59. The minimum absolute atomic E-state index is 0.141. The number of benzene rings is 2. The van der Waals surface area contributed by atoms with Crippen LogP contribution in [-0.2, 0) is 14.8 Å². The van der Waals surface area contributed by atoms with Gasteiger partial charge in [-0.15, -0.1) is 0 Å².